The highest BCUT2D eigenvalue weighted by atomic mass is 19.1. The van der Waals surface area contributed by atoms with Crippen LogP contribution in [0.5, 0.6) is 5.75 Å². The fraction of sp³-hybridized carbons (Fsp3) is 0.600. The van der Waals surface area contributed by atoms with E-state index < -0.39 is 0 Å². The van der Waals surface area contributed by atoms with Crippen molar-refractivity contribution in [3.05, 3.63) is 29.8 Å². The third-order valence-electron chi connectivity index (χ3n) is 3.30. The van der Waals surface area contributed by atoms with Crippen LogP contribution in [0.25, 0.3) is 0 Å². The van der Waals surface area contributed by atoms with Crippen LogP contribution in [0.2, 0.25) is 0 Å². The second-order valence-electron chi connectivity index (χ2n) is 4.96. The Morgan fingerprint density at radius 1 is 1.28 bits per heavy atom. The molecule has 100 valence electrons. The van der Waals surface area contributed by atoms with Crippen molar-refractivity contribution < 1.29 is 13.9 Å². The standard InChI is InChI=1S/C15H21FO2/c1-12-3-8-15(18-11-12)13-4-6-14(7-5-13)17-10-2-9-16/h4-7,12,15H,2-3,8-11H2,1H3. The van der Waals surface area contributed by atoms with Crippen LogP contribution in [-0.4, -0.2) is 19.9 Å². The third-order valence-corrected chi connectivity index (χ3v) is 3.30. The molecule has 0 bridgehead atoms. The fourth-order valence-corrected chi connectivity index (χ4v) is 2.17. The molecule has 1 saturated heterocycles. The van der Waals surface area contributed by atoms with E-state index in [1.807, 2.05) is 24.3 Å². The molecule has 1 aliphatic rings. The second-order valence-corrected chi connectivity index (χ2v) is 4.96. The molecule has 0 spiro atoms. The summed E-state index contributed by atoms with van der Waals surface area (Å²) in [6, 6.07) is 7.97. The SMILES string of the molecule is CC1CCC(c2ccc(OCCCF)cc2)OC1. The Hall–Kier alpha value is -1.09. The van der Waals surface area contributed by atoms with Crippen LogP contribution in [0, 0.1) is 5.92 Å². The van der Waals surface area contributed by atoms with E-state index in [-0.39, 0.29) is 12.8 Å². The molecule has 0 saturated carbocycles. The quantitative estimate of drug-likeness (QED) is 0.740. The molecule has 18 heavy (non-hydrogen) atoms. The highest BCUT2D eigenvalue weighted by Crippen LogP contribution is 2.31. The van der Waals surface area contributed by atoms with Crippen molar-refractivity contribution in [2.24, 2.45) is 5.92 Å². The predicted molar refractivity (Wildman–Crippen MR) is 69.6 cm³/mol. The van der Waals surface area contributed by atoms with Crippen molar-refractivity contribution in [2.45, 2.75) is 32.3 Å². The molecule has 1 aliphatic heterocycles. The number of hydrogen-bond donors (Lipinski definition) is 0. The molecule has 0 aliphatic carbocycles. The zero-order chi connectivity index (χ0) is 12.8. The zero-order valence-corrected chi connectivity index (χ0v) is 10.9. The molecule has 1 heterocycles. The van der Waals surface area contributed by atoms with Crippen LogP contribution >= 0.6 is 0 Å². The maximum atomic E-state index is 11.9. The van der Waals surface area contributed by atoms with Gasteiger partial charge < -0.3 is 9.47 Å². The molecular formula is C15H21FO2. The van der Waals surface area contributed by atoms with Gasteiger partial charge >= 0.3 is 0 Å². The van der Waals surface area contributed by atoms with E-state index in [2.05, 4.69) is 6.92 Å². The first-order valence-electron chi connectivity index (χ1n) is 6.70. The molecule has 2 atom stereocenters. The average molecular weight is 252 g/mol. The molecule has 0 N–H and O–H groups in total. The lowest BCUT2D eigenvalue weighted by atomic mass is 9.96. The molecule has 2 rings (SSSR count). The van der Waals surface area contributed by atoms with Gasteiger partial charge in [-0.2, -0.15) is 0 Å². The van der Waals surface area contributed by atoms with Gasteiger partial charge in [-0.05, 0) is 36.5 Å². The summed E-state index contributed by atoms with van der Waals surface area (Å²) in [7, 11) is 0. The Bertz CT molecular complexity index is 342. The number of rotatable bonds is 5. The molecule has 0 aromatic heterocycles. The van der Waals surface area contributed by atoms with Gasteiger partial charge in [-0.3, -0.25) is 4.39 Å². The Balaban J connectivity index is 1.87. The second kappa shape index (κ2) is 6.74. The summed E-state index contributed by atoms with van der Waals surface area (Å²) < 4.78 is 23.2. The van der Waals surface area contributed by atoms with Gasteiger partial charge in [-0.15, -0.1) is 0 Å². The normalized spacial score (nSPS) is 23.9. The summed E-state index contributed by atoms with van der Waals surface area (Å²) in [6.45, 7) is 3.18. The smallest absolute Gasteiger partial charge is 0.119 e. The van der Waals surface area contributed by atoms with E-state index in [9.17, 15) is 4.39 Å². The van der Waals surface area contributed by atoms with E-state index in [1.165, 1.54) is 12.0 Å². The van der Waals surface area contributed by atoms with Crippen molar-refractivity contribution in [3.63, 3.8) is 0 Å². The average Bonchev–Trinajstić information content (AvgIpc) is 2.41. The van der Waals surface area contributed by atoms with Crippen molar-refractivity contribution in [1.29, 1.82) is 0 Å². The first-order chi connectivity index (χ1) is 8.79. The molecule has 0 radical (unpaired) electrons. The Morgan fingerprint density at radius 3 is 2.67 bits per heavy atom. The molecule has 0 amide bonds. The van der Waals surface area contributed by atoms with Crippen LogP contribution in [-0.2, 0) is 4.74 Å². The third kappa shape index (κ3) is 3.70. The lowest BCUT2D eigenvalue weighted by molar-refractivity contribution is -0.0123. The maximum Gasteiger partial charge on any atom is 0.119 e. The maximum absolute atomic E-state index is 11.9. The number of ether oxygens (including phenoxy) is 2. The lowest BCUT2D eigenvalue weighted by Gasteiger charge is -2.27. The minimum absolute atomic E-state index is 0.223. The lowest BCUT2D eigenvalue weighted by Crippen LogP contribution is -2.18. The van der Waals surface area contributed by atoms with Gasteiger partial charge in [0.1, 0.15) is 5.75 Å². The van der Waals surface area contributed by atoms with Crippen molar-refractivity contribution in [2.75, 3.05) is 19.9 Å². The van der Waals surface area contributed by atoms with Crippen LogP contribution in [0.1, 0.15) is 37.9 Å². The topological polar surface area (TPSA) is 18.5 Å². The largest absolute Gasteiger partial charge is 0.494 e. The van der Waals surface area contributed by atoms with Gasteiger partial charge in [-0.25, -0.2) is 0 Å². The Kier molecular flexibility index (Phi) is 5.00. The van der Waals surface area contributed by atoms with E-state index in [0.717, 1.165) is 18.8 Å². The molecule has 2 nitrogen and oxygen atoms in total. The fourth-order valence-electron chi connectivity index (χ4n) is 2.17. The first kappa shape index (κ1) is 13.3. The minimum Gasteiger partial charge on any atom is -0.494 e. The van der Waals surface area contributed by atoms with Crippen LogP contribution in [0.4, 0.5) is 4.39 Å². The number of halogens is 1. The van der Waals surface area contributed by atoms with E-state index in [4.69, 9.17) is 9.47 Å². The van der Waals surface area contributed by atoms with Gasteiger partial charge in [0.15, 0.2) is 0 Å². The molecule has 1 aromatic rings. The van der Waals surface area contributed by atoms with Crippen molar-refractivity contribution in [1.82, 2.24) is 0 Å². The van der Waals surface area contributed by atoms with E-state index in [0.29, 0.717) is 18.9 Å². The number of hydrogen-bond acceptors (Lipinski definition) is 2. The van der Waals surface area contributed by atoms with Gasteiger partial charge in [0.25, 0.3) is 0 Å². The van der Waals surface area contributed by atoms with Crippen molar-refractivity contribution >= 4 is 0 Å². The molecular weight excluding hydrogens is 231 g/mol. The zero-order valence-electron chi connectivity index (χ0n) is 10.9. The monoisotopic (exact) mass is 252 g/mol. The summed E-state index contributed by atoms with van der Waals surface area (Å²) in [6.07, 6.45) is 2.98. The summed E-state index contributed by atoms with van der Waals surface area (Å²) in [5, 5.41) is 0. The van der Waals surface area contributed by atoms with Crippen LogP contribution in [0.3, 0.4) is 0 Å². The van der Waals surface area contributed by atoms with Gasteiger partial charge in [0.05, 0.1) is 19.4 Å². The molecule has 1 fully saturated rings. The minimum atomic E-state index is -0.327. The summed E-state index contributed by atoms with van der Waals surface area (Å²) in [4.78, 5) is 0. The Labute approximate surface area is 108 Å². The first-order valence-corrected chi connectivity index (χ1v) is 6.70. The van der Waals surface area contributed by atoms with E-state index in [1.54, 1.807) is 0 Å². The molecule has 2 unspecified atom stereocenters. The highest BCUT2D eigenvalue weighted by molar-refractivity contribution is 5.28. The van der Waals surface area contributed by atoms with Gasteiger partial charge in [0, 0.05) is 13.0 Å². The van der Waals surface area contributed by atoms with E-state index >= 15 is 0 Å². The Morgan fingerprint density at radius 2 is 2.06 bits per heavy atom. The highest BCUT2D eigenvalue weighted by Gasteiger charge is 2.19. The predicted octanol–water partition coefficient (Wildman–Crippen LogP) is 3.91. The summed E-state index contributed by atoms with van der Waals surface area (Å²) in [5.41, 5.74) is 1.21. The molecule has 1 aromatic carbocycles. The van der Waals surface area contributed by atoms with Gasteiger partial charge in [0.2, 0.25) is 0 Å². The summed E-state index contributed by atoms with van der Waals surface area (Å²) >= 11 is 0. The number of benzene rings is 1. The number of alkyl halides is 1. The molecule has 3 heteroatoms. The van der Waals surface area contributed by atoms with Crippen LogP contribution in [0.15, 0.2) is 24.3 Å². The van der Waals surface area contributed by atoms with Crippen molar-refractivity contribution in [3.8, 4) is 5.75 Å². The van der Waals surface area contributed by atoms with Crippen LogP contribution < -0.4 is 4.74 Å². The summed E-state index contributed by atoms with van der Waals surface area (Å²) in [5.74, 6) is 1.47. The van der Waals surface area contributed by atoms with Gasteiger partial charge in [-0.1, -0.05) is 19.1 Å².